The predicted molar refractivity (Wildman–Crippen MR) is 101 cm³/mol. The van der Waals surface area contributed by atoms with Gasteiger partial charge in [0.05, 0.1) is 23.3 Å². The van der Waals surface area contributed by atoms with Gasteiger partial charge in [0.2, 0.25) is 0 Å². The molecule has 0 spiro atoms. The number of amides is 2. The Bertz CT molecular complexity index is 819. The molecule has 0 atom stereocenters. The van der Waals surface area contributed by atoms with E-state index < -0.39 is 5.91 Å². The second kappa shape index (κ2) is 8.58. The highest BCUT2D eigenvalue weighted by atomic mass is 35.5. The maximum atomic E-state index is 12.4. The smallest absolute Gasteiger partial charge is 0.259 e. The lowest BCUT2D eigenvalue weighted by atomic mass is 10.1. The Hall–Kier alpha value is -2.73. The number of anilines is 1. The van der Waals surface area contributed by atoms with Gasteiger partial charge >= 0.3 is 0 Å². The third kappa shape index (κ3) is 4.26. The van der Waals surface area contributed by atoms with Crippen molar-refractivity contribution in [2.24, 2.45) is 0 Å². The Kier molecular flexibility index (Phi) is 6.46. The molecule has 2 aromatic carbocycles. The Morgan fingerprint density at radius 1 is 1.12 bits per heavy atom. The number of carbonyl (C=O) groups excluding carboxylic acids is 2. The molecule has 0 unspecified atom stereocenters. The van der Waals surface area contributed by atoms with Gasteiger partial charge in [0, 0.05) is 24.8 Å². The number of benzene rings is 2. The van der Waals surface area contributed by atoms with E-state index >= 15 is 0 Å². The van der Waals surface area contributed by atoms with E-state index in [1.54, 1.807) is 23.1 Å². The first kappa shape index (κ1) is 19.6. The van der Waals surface area contributed by atoms with E-state index in [4.69, 9.17) is 16.3 Å². The van der Waals surface area contributed by atoms with Gasteiger partial charge in [-0.3, -0.25) is 9.59 Å². The van der Waals surface area contributed by atoms with Crippen LogP contribution in [-0.4, -0.2) is 42.0 Å². The summed E-state index contributed by atoms with van der Waals surface area (Å²) >= 11 is 6.22. The Balaban J connectivity index is 2.19. The van der Waals surface area contributed by atoms with Crippen molar-refractivity contribution in [1.82, 2.24) is 4.90 Å². The molecule has 0 heterocycles. The number of rotatable bonds is 6. The number of hydrogen-bond acceptors (Lipinski definition) is 4. The number of phenolic OH excluding ortho intramolecular Hbond substituents is 1. The molecule has 0 bridgehead atoms. The minimum absolute atomic E-state index is 0.102. The van der Waals surface area contributed by atoms with E-state index in [1.807, 2.05) is 13.8 Å². The van der Waals surface area contributed by atoms with Gasteiger partial charge in [0.25, 0.3) is 11.8 Å². The van der Waals surface area contributed by atoms with Gasteiger partial charge in [-0.25, -0.2) is 0 Å². The fourth-order valence-electron chi connectivity index (χ4n) is 2.48. The molecule has 138 valence electrons. The quantitative estimate of drug-likeness (QED) is 0.804. The average Bonchev–Trinajstić information content (AvgIpc) is 2.62. The van der Waals surface area contributed by atoms with Crippen LogP contribution >= 0.6 is 11.6 Å². The molecule has 0 aliphatic heterocycles. The molecule has 7 heteroatoms. The van der Waals surface area contributed by atoms with Gasteiger partial charge in [0.15, 0.2) is 0 Å². The molecule has 2 rings (SSSR count). The summed E-state index contributed by atoms with van der Waals surface area (Å²) in [4.78, 5) is 26.4. The first-order valence-corrected chi connectivity index (χ1v) is 8.56. The maximum Gasteiger partial charge on any atom is 0.259 e. The fraction of sp³-hybridized carbons (Fsp3) is 0.263. The number of aromatic hydroxyl groups is 1. The molecule has 0 fully saturated rings. The van der Waals surface area contributed by atoms with Crippen LogP contribution in [0.1, 0.15) is 34.6 Å². The second-order valence-electron chi connectivity index (χ2n) is 5.51. The molecule has 6 nitrogen and oxygen atoms in total. The third-order valence-electron chi connectivity index (χ3n) is 3.96. The van der Waals surface area contributed by atoms with Crippen LogP contribution in [0.5, 0.6) is 11.5 Å². The summed E-state index contributed by atoms with van der Waals surface area (Å²) in [6.07, 6.45) is 0. The average molecular weight is 377 g/mol. The van der Waals surface area contributed by atoms with Gasteiger partial charge in [-0.15, -0.1) is 0 Å². The highest BCUT2D eigenvalue weighted by molar-refractivity contribution is 6.34. The molecule has 0 aromatic heterocycles. The zero-order valence-corrected chi connectivity index (χ0v) is 15.6. The Morgan fingerprint density at radius 2 is 1.77 bits per heavy atom. The number of nitrogens with zero attached hydrogens (tertiary/aromatic N) is 1. The van der Waals surface area contributed by atoms with Crippen LogP contribution in [0, 0.1) is 0 Å². The number of halogens is 1. The lowest BCUT2D eigenvalue weighted by Gasteiger charge is -2.19. The van der Waals surface area contributed by atoms with E-state index in [1.165, 1.54) is 25.3 Å². The minimum atomic E-state index is -0.496. The number of methoxy groups -OCH3 is 1. The summed E-state index contributed by atoms with van der Waals surface area (Å²) in [7, 11) is 1.47. The molecule has 0 radical (unpaired) electrons. The summed E-state index contributed by atoms with van der Waals surface area (Å²) in [5.41, 5.74) is 0.900. The molecule has 2 N–H and O–H groups in total. The van der Waals surface area contributed by atoms with Gasteiger partial charge in [0.1, 0.15) is 11.5 Å². The maximum absolute atomic E-state index is 12.4. The van der Waals surface area contributed by atoms with Crippen molar-refractivity contribution in [1.29, 1.82) is 0 Å². The van der Waals surface area contributed by atoms with Crippen LogP contribution in [0.4, 0.5) is 5.69 Å². The van der Waals surface area contributed by atoms with Crippen molar-refractivity contribution < 1.29 is 19.4 Å². The third-order valence-corrected chi connectivity index (χ3v) is 4.27. The molecule has 0 aliphatic rings. The summed E-state index contributed by atoms with van der Waals surface area (Å²) in [5, 5.41) is 12.8. The highest BCUT2D eigenvalue weighted by Crippen LogP contribution is 2.26. The molecule has 0 saturated heterocycles. The van der Waals surface area contributed by atoms with E-state index in [2.05, 4.69) is 5.32 Å². The van der Waals surface area contributed by atoms with Gasteiger partial charge < -0.3 is 20.1 Å². The van der Waals surface area contributed by atoms with Crippen molar-refractivity contribution in [3.05, 3.63) is 52.5 Å². The molecule has 2 aromatic rings. The molecular weight excluding hydrogens is 356 g/mol. The highest BCUT2D eigenvalue weighted by Gasteiger charge is 2.17. The van der Waals surface area contributed by atoms with Crippen LogP contribution in [0.15, 0.2) is 36.4 Å². The summed E-state index contributed by atoms with van der Waals surface area (Å²) < 4.78 is 4.99. The number of nitrogens with one attached hydrogen (secondary N) is 1. The van der Waals surface area contributed by atoms with Crippen molar-refractivity contribution in [3.8, 4) is 11.5 Å². The van der Waals surface area contributed by atoms with Gasteiger partial charge in [-0.2, -0.15) is 0 Å². The van der Waals surface area contributed by atoms with Crippen molar-refractivity contribution in [3.63, 3.8) is 0 Å². The number of phenols is 1. The molecule has 2 amide bonds. The van der Waals surface area contributed by atoms with E-state index in [9.17, 15) is 14.7 Å². The first-order valence-electron chi connectivity index (χ1n) is 8.18. The fourth-order valence-corrected chi connectivity index (χ4v) is 2.74. The monoisotopic (exact) mass is 376 g/mol. The normalized spacial score (nSPS) is 10.3. The van der Waals surface area contributed by atoms with Gasteiger partial charge in [-0.1, -0.05) is 11.6 Å². The second-order valence-corrected chi connectivity index (χ2v) is 5.92. The Morgan fingerprint density at radius 3 is 2.31 bits per heavy atom. The van der Waals surface area contributed by atoms with E-state index in [0.29, 0.717) is 30.1 Å². The van der Waals surface area contributed by atoms with E-state index in [-0.39, 0.29) is 22.2 Å². The largest absolute Gasteiger partial charge is 0.507 e. The summed E-state index contributed by atoms with van der Waals surface area (Å²) in [6, 6.07) is 9.08. The lowest BCUT2D eigenvalue weighted by molar-refractivity contribution is 0.0773. The number of carbonyl (C=O) groups is 2. The van der Waals surface area contributed by atoms with Crippen molar-refractivity contribution in [2.75, 3.05) is 25.5 Å². The summed E-state index contributed by atoms with van der Waals surface area (Å²) in [6.45, 7) is 4.96. The SMILES string of the molecule is CCN(CC)C(=O)c1ccc(NC(=O)c2ccc(OC)cc2O)cc1Cl. The number of ether oxygens (including phenoxy) is 1. The topological polar surface area (TPSA) is 78.9 Å². The molecule has 26 heavy (non-hydrogen) atoms. The minimum Gasteiger partial charge on any atom is -0.507 e. The zero-order valence-electron chi connectivity index (χ0n) is 14.9. The van der Waals surface area contributed by atoms with E-state index in [0.717, 1.165) is 0 Å². The van der Waals surface area contributed by atoms with Crippen molar-refractivity contribution >= 4 is 29.1 Å². The van der Waals surface area contributed by atoms with Crippen LogP contribution < -0.4 is 10.1 Å². The zero-order chi connectivity index (χ0) is 19.3. The Labute approximate surface area is 157 Å². The van der Waals surface area contributed by atoms with Gasteiger partial charge in [-0.05, 0) is 44.2 Å². The standard InChI is InChI=1S/C19H21ClN2O4/c1-4-22(5-2)19(25)14-8-6-12(10-16(14)20)21-18(24)15-9-7-13(26-3)11-17(15)23/h6-11,23H,4-5H2,1-3H3,(H,21,24). The number of hydrogen-bond donors (Lipinski definition) is 2. The first-order chi connectivity index (χ1) is 12.4. The van der Waals surface area contributed by atoms with Crippen LogP contribution in [0.25, 0.3) is 0 Å². The summed E-state index contributed by atoms with van der Waals surface area (Å²) in [5.74, 6) is -0.405. The lowest BCUT2D eigenvalue weighted by Crippen LogP contribution is -2.30. The van der Waals surface area contributed by atoms with Crippen LogP contribution in [-0.2, 0) is 0 Å². The predicted octanol–water partition coefficient (Wildman–Crippen LogP) is 3.79. The molecular formula is C19H21ClN2O4. The van der Waals surface area contributed by atoms with Crippen LogP contribution in [0.3, 0.4) is 0 Å². The molecule has 0 saturated carbocycles. The van der Waals surface area contributed by atoms with Crippen molar-refractivity contribution in [2.45, 2.75) is 13.8 Å². The molecule has 0 aliphatic carbocycles. The van der Waals surface area contributed by atoms with Crippen LogP contribution in [0.2, 0.25) is 5.02 Å².